The van der Waals surface area contributed by atoms with Crippen molar-refractivity contribution in [2.75, 3.05) is 37.4 Å². The van der Waals surface area contributed by atoms with Crippen molar-refractivity contribution in [2.24, 2.45) is 0 Å². The number of anilines is 1. The molecule has 0 bridgehead atoms. The molecule has 3 aromatic rings. The number of amides is 1. The smallest absolute Gasteiger partial charge is 0.240 e. The van der Waals surface area contributed by atoms with Gasteiger partial charge in [0.25, 0.3) is 0 Å². The molecule has 0 atom stereocenters. The van der Waals surface area contributed by atoms with E-state index < -0.39 is 22.5 Å². The molecular formula is C22H23ClN2O5S. The average molecular weight is 463 g/mol. The molecule has 0 aliphatic rings. The van der Waals surface area contributed by atoms with Gasteiger partial charge in [-0.2, -0.15) is 0 Å². The first-order valence-electron chi connectivity index (χ1n) is 9.47. The highest BCUT2D eigenvalue weighted by Crippen LogP contribution is 2.32. The highest BCUT2D eigenvalue weighted by Gasteiger charge is 2.24. The van der Waals surface area contributed by atoms with Gasteiger partial charge in [0.15, 0.2) is 0 Å². The number of rotatable bonds is 9. The van der Waals surface area contributed by atoms with Crippen molar-refractivity contribution >= 4 is 44.0 Å². The number of halogens is 1. The Labute approximate surface area is 186 Å². The van der Waals surface area contributed by atoms with E-state index in [9.17, 15) is 13.2 Å². The van der Waals surface area contributed by atoms with Gasteiger partial charge >= 0.3 is 0 Å². The van der Waals surface area contributed by atoms with Crippen molar-refractivity contribution in [3.05, 3.63) is 65.7 Å². The zero-order chi connectivity index (χ0) is 22.4. The maximum Gasteiger partial charge on any atom is 0.240 e. The number of nitrogens with one attached hydrogen (secondary N) is 1. The second-order valence-electron chi connectivity index (χ2n) is 6.79. The second kappa shape index (κ2) is 9.89. The fraction of sp³-hybridized carbons (Fsp3) is 0.227. The number of sulfonamides is 1. The molecule has 3 rings (SSSR count). The summed E-state index contributed by atoms with van der Waals surface area (Å²) in [5, 5.41) is 5.17. The predicted octanol–water partition coefficient (Wildman–Crippen LogP) is 3.46. The molecule has 164 valence electrons. The van der Waals surface area contributed by atoms with E-state index >= 15 is 0 Å². The zero-order valence-corrected chi connectivity index (χ0v) is 18.7. The fourth-order valence-electron chi connectivity index (χ4n) is 3.04. The molecule has 7 nitrogen and oxygen atoms in total. The summed E-state index contributed by atoms with van der Waals surface area (Å²) in [5.74, 6) is 0.506. The number of nitrogens with zero attached hydrogens (tertiary/aromatic N) is 1. The van der Waals surface area contributed by atoms with Crippen LogP contribution < -0.4 is 19.1 Å². The maximum atomic E-state index is 12.4. The van der Waals surface area contributed by atoms with E-state index in [1.54, 1.807) is 12.1 Å². The van der Waals surface area contributed by atoms with Crippen molar-refractivity contribution in [1.82, 2.24) is 5.32 Å². The molecule has 0 spiro atoms. The molecule has 0 unspecified atom stereocenters. The minimum Gasteiger partial charge on any atom is -0.495 e. The lowest BCUT2D eigenvalue weighted by Crippen LogP contribution is -2.41. The maximum absolute atomic E-state index is 12.4. The third-order valence-electron chi connectivity index (χ3n) is 4.51. The van der Waals surface area contributed by atoms with Gasteiger partial charge in [0.2, 0.25) is 15.9 Å². The van der Waals surface area contributed by atoms with Crippen LogP contribution in [0.3, 0.4) is 0 Å². The number of carbonyl (C=O) groups is 1. The molecule has 0 aliphatic heterocycles. The van der Waals surface area contributed by atoms with E-state index in [0.29, 0.717) is 16.5 Å². The van der Waals surface area contributed by atoms with Crippen LogP contribution in [0, 0.1) is 0 Å². The Kier molecular flexibility index (Phi) is 7.25. The predicted molar refractivity (Wildman–Crippen MR) is 123 cm³/mol. The summed E-state index contributed by atoms with van der Waals surface area (Å²) in [4.78, 5) is 12.4. The molecule has 1 amide bonds. The van der Waals surface area contributed by atoms with Crippen molar-refractivity contribution < 1.29 is 22.7 Å². The molecular weight excluding hydrogens is 440 g/mol. The Morgan fingerprint density at radius 3 is 2.52 bits per heavy atom. The number of carbonyl (C=O) groups excluding carboxylic acids is 1. The number of hydrogen-bond donors (Lipinski definition) is 1. The van der Waals surface area contributed by atoms with E-state index in [-0.39, 0.29) is 18.8 Å². The van der Waals surface area contributed by atoms with Gasteiger partial charge in [-0.15, -0.1) is 0 Å². The Morgan fingerprint density at radius 2 is 1.81 bits per heavy atom. The van der Waals surface area contributed by atoms with E-state index in [0.717, 1.165) is 21.3 Å². The Bertz CT molecular complexity index is 1180. The first-order chi connectivity index (χ1) is 14.8. The molecule has 3 aromatic carbocycles. The van der Waals surface area contributed by atoms with Gasteiger partial charge in [-0.05, 0) is 41.1 Å². The standard InChI is InChI=1S/C22H23ClN2O5S/c1-29-21-10-8-18(23)14-20(21)25(31(2,27)28)15-22(26)24-11-12-30-19-9-7-16-5-3-4-6-17(16)13-19/h3-10,13-14H,11-12,15H2,1-2H3,(H,24,26). The zero-order valence-electron chi connectivity index (χ0n) is 17.2. The molecule has 0 fully saturated rings. The largest absolute Gasteiger partial charge is 0.495 e. The highest BCUT2D eigenvalue weighted by molar-refractivity contribution is 7.92. The van der Waals surface area contributed by atoms with Gasteiger partial charge in [-0.25, -0.2) is 8.42 Å². The SMILES string of the molecule is COc1ccc(Cl)cc1N(CC(=O)NCCOc1ccc2ccccc2c1)S(C)(=O)=O. The molecule has 9 heteroatoms. The number of ether oxygens (including phenoxy) is 2. The normalized spacial score (nSPS) is 11.2. The summed E-state index contributed by atoms with van der Waals surface area (Å²) in [6.07, 6.45) is 1.02. The summed E-state index contributed by atoms with van der Waals surface area (Å²) in [7, 11) is -2.34. The minimum absolute atomic E-state index is 0.195. The molecule has 0 saturated heterocycles. The van der Waals surface area contributed by atoms with Gasteiger partial charge in [0, 0.05) is 5.02 Å². The topological polar surface area (TPSA) is 84.9 Å². The minimum atomic E-state index is -3.75. The average Bonchev–Trinajstić information content (AvgIpc) is 2.74. The Balaban J connectivity index is 1.59. The van der Waals surface area contributed by atoms with Crippen LogP contribution in [0.1, 0.15) is 0 Å². The third kappa shape index (κ3) is 6.02. The summed E-state index contributed by atoms with van der Waals surface area (Å²) in [6, 6.07) is 18.2. The van der Waals surface area contributed by atoms with Gasteiger partial charge in [0.05, 0.1) is 25.6 Å². The molecule has 0 radical (unpaired) electrons. The van der Waals surface area contributed by atoms with Crippen LogP contribution in [0.25, 0.3) is 10.8 Å². The summed E-state index contributed by atoms with van der Waals surface area (Å²) < 4.78 is 36.4. The van der Waals surface area contributed by atoms with Gasteiger partial charge in [0.1, 0.15) is 24.7 Å². The van der Waals surface area contributed by atoms with E-state index in [4.69, 9.17) is 21.1 Å². The van der Waals surface area contributed by atoms with Crippen LogP contribution in [0.15, 0.2) is 60.7 Å². The van der Waals surface area contributed by atoms with Gasteiger partial charge in [-0.1, -0.05) is 41.9 Å². The molecule has 0 aliphatic carbocycles. The Hall–Kier alpha value is -2.97. The molecule has 0 aromatic heterocycles. The van der Waals surface area contributed by atoms with Crippen LogP contribution in [0.2, 0.25) is 5.02 Å². The molecule has 0 heterocycles. The summed E-state index contributed by atoms with van der Waals surface area (Å²) in [6.45, 7) is 0.0465. The third-order valence-corrected chi connectivity index (χ3v) is 5.87. The summed E-state index contributed by atoms with van der Waals surface area (Å²) in [5.41, 5.74) is 0.195. The van der Waals surface area contributed by atoms with Crippen LogP contribution in [0.5, 0.6) is 11.5 Å². The van der Waals surface area contributed by atoms with Crippen LogP contribution in [-0.2, 0) is 14.8 Å². The number of hydrogen-bond acceptors (Lipinski definition) is 5. The second-order valence-corrected chi connectivity index (χ2v) is 9.14. The van der Waals surface area contributed by atoms with Crippen LogP contribution >= 0.6 is 11.6 Å². The fourth-order valence-corrected chi connectivity index (χ4v) is 4.06. The lowest BCUT2D eigenvalue weighted by atomic mass is 10.1. The van der Waals surface area contributed by atoms with Crippen molar-refractivity contribution in [1.29, 1.82) is 0 Å². The van der Waals surface area contributed by atoms with Crippen LogP contribution in [0.4, 0.5) is 5.69 Å². The van der Waals surface area contributed by atoms with E-state index in [1.807, 2.05) is 42.5 Å². The van der Waals surface area contributed by atoms with Gasteiger partial charge in [-0.3, -0.25) is 9.10 Å². The number of fused-ring (bicyclic) bond motifs is 1. The molecule has 0 saturated carbocycles. The monoisotopic (exact) mass is 462 g/mol. The van der Waals surface area contributed by atoms with Crippen molar-refractivity contribution in [3.8, 4) is 11.5 Å². The number of benzene rings is 3. The first-order valence-corrected chi connectivity index (χ1v) is 11.7. The van der Waals surface area contributed by atoms with Gasteiger partial charge < -0.3 is 14.8 Å². The summed E-state index contributed by atoms with van der Waals surface area (Å²) >= 11 is 6.01. The Morgan fingerprint density at radius 1 is 1.06 bits per heavy atom. The van der Waals surface area contributed by atoms with Crippen molar-refractivity contribution in [2.45, 2.75) is 0 Å². The quantitative estimate of drug-likeness (QED) is 0.492. The molecule has 1 N–H and O–H groups in total. The highest BCUT2D eigenvalue weighted by atomic mass is 35.5. The number of methoxy groups -OCH3 is 1. The van der Waals surface area contributed by atoms with Crippen LogP contribution in [-0.4, -0.2) is 47.4 Å². The van der Waals surface area contributed by atoms with E-state index in [2.05, 4.69) is 5.32 Å². The lowest BCUT2D eigenvalue weighted by Gasteiger charge is -2.24. The first kappa shape index (κ1) is 22.7. The molecule has 31 heavy (non-hydrogen) atoms. The van der Waals surface area contributed by atoms with Crippen molar-refractivity contribution in [3.63, 3.8) is 0 Å². The lowest BCUT2D eigenvalue weighted by molar-refractivity contribution is -0.119. The van der Waals surface area contributed by atoms with E-state index in [1.165, 1.54) is 13.2 Å².